The minimum Gasteiger partial charge on any atom is -0.399 e. The molecule has 0 bridgehead atoms. The highest BCUT2D eigenvalue weighted by Crippen LogP contribution is 2.38. The van der Waals surface area contributed by atoms with Crippen molar-refractivity contribution in [2.45, 2.75) is 57.7 Å². The van der Waals surface area contributed by atoms with Crippen LogP contribution in [-0.4, -0.2) is 29.6 Å². The van der Waals surface area contributed by atoms with Crippen molar-refractivity contribution in [1.82, 2.24) is 4.90 Å². The molecule has 1 amide bonds. The number of carbonyl (C=O) groups excluding carboxylic acids is 1. The van der Waals surface area contributed by atoms with E-state index < -0.39 is 0 Å². The smallest absolute Gasteiger partial charge is 0.226 e. The predicted octanol–water partition coefficient (Wildman–Crippen LogP) is 2.97. The molecule has 1 aliphatic rings. The molecule has 4 heteroatoms. The number of hydrogen-bond donors (Lipinski definition) is 1. The molecule has 1 aliphatic carbocycles. The van der Waals surface area contributed by atoms with Crippen LogP contribution in [0.1, 0.15) is 45.1 Å². The number of rotatable bonds is 6. The molecule has 4 nitrogen and oxygen atoms in total. The molecule has 0 unspecified atom stereocenters. The Labute approximate surface area is 127 Å². The molecule has 0 aliphatic heterocycles. The molecule has 0 saturated heterocycles. The molecule has 2 rings (SSSR count). The predicted molar refractivity (Wildman–Crippen MR) is 84.7 cm³/mol. The summed E-state index contributed by atoms with van der Waals surface area (Å²) in [6.07, 6.45) is 3.61. The summed E-state index contributed by atoms with van der Waals surface area (Å²) in [4.78, 5) is 14.6. The van der Waals surface area contributed by atoms with E-state index in [2.05, 4.69) is 13.8 Å². The van der Waals surface area contributed by atoms with Gasteiger partial charge < -0.3 is 15.4 Å². The van der Waals surface area contributed by atoms with Crippen LogP contribution in [0.15, 0.2) is 24.3 Å². The number of nitrogen functional groups attached to an aromatic ring is 1. The van der Waals surface area contributed by atoms with E-state index in [4.69, 9.17) is 10.5 Å². The zero-order chi connectivity index (χ0) is 15.5. The summed E-state index contributed by atoms with van der Waals surface area (Å²) in [7, 11) is 1.71. The SMILES string of the molecule is COC1(CC(=O)N(Cc2ccc(N)cc2)C(C)C)CCC1. The molecule has 1 fully saturated rings. The first-order chi connectivity index (χ1) is 9.96. The molecular formula is C17H26N2O2. The average molecular weight is 290 g/mol. The van der Waals surface area contributed by atoms with Crippen LogP contribution >= 0.6 is 0 Å². The number of ether oxygens (including phenoxy) is 1. The Morgan fingerprint density at radius 3 is 2.38 bits per heavy atom. The van der Waals surface area contributed by atoms with Gasteiger partial charge in [-0.15, -0.1) is 0 Å². The van der Waals surface area contributed by atoms with Crippen LogP contribution in [0.5, 0.6) is 0 Å². The van der Waals surface area contributed by atoms with Crippen molar-refractivity contribution in [3.63, 3.8) is 0 Å². The third-order valence-corrected chi connectivity index (χ3v) is 4.45. The third-order valence-electron chi connectivity index (χ3n) is 4.45. The molecule has 21 heavy (non-hydrogen) atoms. The lowest BCUT2D eigenvalue weighted by Crippen LogP contribution is -2.46. The van der Waals surface area contributed by atoms with Crippen LogP contribution in [0, 0.1) is 0 Å². The van der Waals surface area contributed by atoms with Crippen LogP contribution in [-0.2, 0) is 16.1 Å². The van der Waals surface area contributed by atoms with Crippen molar-refractivity contribution >= 4 is 11.6 Å². The summed E-state index contributed by atoms with van der Waals surface area (Å²) >= 11 is 0. The van der Waals surface area contributed by atoms with E-state index >= 15 is 0 Å². The molecule has 0 atom stereocenters. The molecule has 0 radical (unpaired) electrons. The maximum Gasteiger partial charge on any atom is 0.226 e. The number of amides is 1. The molecule has 1 aromatic rings. The fourth-order valence-corrected chi connectivity index (χ4v) is 2.78. The first kappa shape index (κ1) is 15.8. The van der Waals surface area contributed by atoms with Crippen LogP contribution in [0.4, 0.5) is 5.69 Å². The van der Waals surface area contributed by atoms with E-state index in [0.29, 0.717) is 13.0 Å². The second kappa shape index (κ2) is 6.48. The maximum absolute atomic E-state index is 12.6. The summed E-state index contributed by atoms with van der Waals surface area (Å²) in [6.45, 7) is 4.72. The van der Waals surface area contributed by atoms with Gasteiger partial charge in [0.1, 0.15) is 0 Å². The number of carbonyl (C=O) groups is 1. The van der Waals surface area contributed by atoms with Crippen molar-refractivity contribution < 1.29 is 9.53 Å². The summed E-state index contributed by atoms with van der Waals surface area (Å²) < 4.78 is 5.58. The molecular weight excluding hydrogens is 264 g/mol. The van der Waals surface area contributed by atoms with Gasteiger partial charge in [-0.25, -0.2) is 0 Å². The van der Waals surface area contributed by atoms with E-state index in [-0.39, 0.29) is 17.6 Å². The van der Waals surface area contributed by atoms with Gasteiger partial charge in [-0.05, 0) is 50.8 Å². The number of methoxy groups -OCH3 is 1. The monoisotopic (exact) mass is 290 g/mol. The molecule has 116 valence electrons. The van der Waals surface area contributed by atoms with Crippen LogP contribution in [0.3, 0.4) is 0 Å². The first-order valence-electron chi connectivity index (χ1n) is 7.65. The summed E-state index contributed by atoms with van der Waals surface area (Å²) in [5, 5.41) is 0. The molecule has 1 aromatic carbocycles. The lowest BCUT2D eigenvalue weighted by atomic mass is 9.77. The van der Waals surface area contributed by atoms with Crippen LogP contribution in [0.2, 0.25) is 0 Å². The topological polar surface area (TPSA) is 55.6 Å². The zero-order valence-corrected chi connectivity index (χ0v) is 13.3. The summed E-state index contributed by atoms with van der Waals surface area (Å²) in [6, 6.07) is 7.88. The van der Waals surface area contributed by atoms with E-state index in [1.165, 1.54) is 0 Å². The zero-order valence-electron chi connectivity index (χ0n) is 13.3. The molecule has 0 heterocycles. The highest BCUT2D eigenvalue weighted by atomic mass is 16.5. The van der Waals surface area contributed by atoms with Crippen LogP contribution in [0.25, 0.3) is 0 Å². The van der Waals surface area contributed by atoms with Crippen molar-refractivity contribution in [1.29, 1.82) is 0 Å². The number of nitrogens with two attached hydrogens (primary N) is 1. The number of anilines is 1. The number of nitrogens with zero attached hydrogens (tertiary/aromatic N) is 1. The van der Waals surface area contributed by atoms with E-state index in [9.17, 15) is 4.79 Å². The van der Waals surface area contributed by atoms with Gasteiger partial charge >= 0.3 is 0 Å². The fraction of sp³-hybridized carbons (Fsp3) is 0.588. The molecule has 1 saturated carbocycles. The number of benzene rings is 1. The second-order valence-electron chi connectivity index (χ2n) is 6.27. The summed E-state index contributed by atoms with van der Waals surface area (Å²) in [5.41, 5.74) is 7.34. The Bertz CT molecular complexity index is 473. The van der Waals surface area contributed by atoms with Gasteiger partial charge in [0.2, 0.25) is 5.91 Å². The highest BCUT2D eigenvalue weighted by Gasteiger charge is 2.40. The molecule has 0 aromatic heterocycles. The fourth-order valence-electron chi connectivity index (χ4n) is 2.78. The highest BCUT2D eigenvalue weighted by molar-refractivity contribution is 5.77. The van der Waals surface area contributed by atoms with Crippen molar-refractivity contribution in [3.8, 4) is 0 Å². The minimum absolute atomic E-state index is 0.170. The van der Waals surface area contributed by atoms with Gasteiger partial charge in [-0.1, -0.05) is 12.1 Å². The Balaban J connectivity index is 2.04. The Kier molecular flexibility index (Phi) is 4.88. The van der Waals surface area contributed by atoms with Crippen molar-refractivity contribution in [2.24, 2.45) is 0 Å². The Morgan fingerprint density at radius 2 is 1.95 bits per heavy atom. The van der Waals surface area contributed by atoms with E-state index in [1.807, 2.05) is 29.2 Å². The van der Waals surface area contributed by atoms with Gasteiger partial charge in [0.25, 0.3) is 0 Å². The van der Waals surface area contributed by atoms with Crippen molar-refractivity contribution in [2.75, 3.05) is 12.8 Å². The standard InChI is InChI=1S/C17H26N2O2/c1-13(2)19(12-14-5-7-15(18)8-6-14)16(20)11-17(21-3)9-4-10-17/h5-8,13H,4,9-12,18H2,1-3H3. The number of hydrogen-bond acceptors (Lipinski definition) is 3. The lowest BCUT2D eigenvalue weighted by molar-refractivity contribution is -0.146. The van der Waals surface area contributed by atoms with Gasteiger partial charge in [0.05, 0.1) is 12.0 Å². The van der Waals surface area contributed by atoms with E-state index in [0.717, 1.165) is 30.5 Å². The van der Waals surface area contributed by atoms with Gasteiger partial charge in [0, 0.05) is 25.4 Å². The van der Waals surface area contributed by atoms with Gasteiger partial charge in [-0.2, -0.15) is 0 Å². The summed E-state index contributed by atoms with van der Waals surface area (Å²) in [5.74, 6) is 0.170. The largest absolute Gasteiger partial charge is 0.399 e. The van der Waals surface area contributed by atoms with Gasteiger partial charge in [-0.3, -0.25) is 4.79 Å². The molecule has 0 spiro atoms. The quantitative estimate of drug-likeness (QED) is 0.819. The lowest BCUT2D eigenvalue weighted by Gasteiger charge is -2.41. The van der Waals surface area contributed by atoms with E-state index in [1.54, 1.807) is 7.11 Å². The van der Waals surface area contributed by atoms with Crippen LogP contribution < -0.4 is 5.73 Å². The van der Waals surface area contributed by atoms with Gasteiger partial charge in [0.15, 0.2) is 0 Å². The second-order valence-corrected chi connectivity index (χ2v) is 6.27. The maximum atomic E-state index is 12.6. The Hall–Kier alpha value is -1.55. The minimum atomic E-state index is -0.217. The Morgan fingerprint density at radius 1 is 1.33 bits per heavy atom. The normalized spacial score (nSPS) is 16.6. The average Bonchev–Trinajstić information content (AvgIpc) is 2.41. The molecule has 2 N–H and O–H groups in total. The first-order valence-corrected chi connectivity index (χ1v) is 7.65. The third kappa shape index (κ3) is 3.76. The van der Waals surface area contributed by atoms with Crippen molar-refractivity contribution in [3.05, 3.63) is 29.8 Å².